The second kappa shape index (κ2) is 10.5. The van der Waals surface area contributed by atoms with Crippen LogP contribution in [0.25, 0.3) is 22.2 Å². The number of ether oxygens (including phenoxy) is 1. The molecule has 7 nitrogen and oxygen atoms in total. The Morgan fingerprint density at radius 3 is 2.65 bits per heavy atom. The molecule has 7 heteroatoms. The molecule has 172 valence electrons. The van der Waals surface area contributed by atoms with Crippen molar-refractivity contribution in [2.75, 3.05) is 11.9 Å². The second-order valence-corrected chi connectivity index (χ2v) is 7.87. The molecule has 0 fully saturated rings. The number of anilines is 1. The summed E-state index contributed by atoms with van der Waals surface area (Å²) < 4.78 is 8.11. The molecule has 0 bridgehead atoms. The van der Waals surface area contributed by atoms with Gasteiger partial charge >= 0.3 is 6.03 Å². The maximum atomic E-state index is 11.9. The molecular formula is C27H27N5O2. The lowest BCUT2D eigenvalue weighted by molar-refractivity contribution is 0.252. The molecule has 0 atom stereocenters. The van der Waals surface area contributed by atoms with Crippen LogP contribution in [-0.2, 0) is 13.2 Å². The number of carbonyl (C=O) groups is 1. The van der Waals surface area contributed by atoms with Crippen LogP contribution in [0.4, 0.5) is 10.5 Å². The summed E-state index contributed by atoms with van der Waals surface area (Å²) in [6, 6.07) is 19.4. The zero-order chi connectivity index (χ0) is 23.9. The van der Waals surface area contributed by atoms with Crippen molar-refractivity contribution in [1.82, 2.24) is 14.9 Å². The Kier molecular flexibility index (Phi) is 7.09. The number of nitrogens with zero attached hydrogens (tertiary/aromatic N) is 3. The minimum atomic E-state index is -0.228. The number of nitriles is 1. The summed E-state index contributed by atoms with van der Waals surface area (Å²) in [5, 5.41) is 16.5. The van der Waals surface area contributed by atoms with Crippen LogP contribution < -0.4 is 15.4 Å². The number of hydrogen-bond acceptors (Lipinski definition) is 4. The molecule has 2 N–H and O–H groups in total. The number of urea groups is 1. The maximum absolute atomic E-state index is 11.9. The standard InChI is InChI=1S/C27H27N5O2/c1-3-13-30-27(33)31-21-9-7-20(8-10-21)26-24(16-28)23-12-11-22(15-25(23)32(26)4-2)34-18-19-6-5-14-29-17-19/h5-12,14-15,17H,3-4,13,18H2,1-2H3,(H2,30,31,33). The molecule has 4 aromatic rings. The summed E-state index contributed by atoms with van der Waals surface area (Å²) in [6.45, 7) is 5.80. The second-order valence-electron chi connectivity index (χ2n) is 7.87. The molecule has 2 amide bonds. The third-order valence-electron chi connectivity index (χ3n) is 5.54. The van der Waals surface area contributed by atoms with E-state index in [1.807, 2.05) is 61.5 Å². The fraction of sp³-hybridized carbons (Fsp3) is 0.222. The van der Waals surface area contributed by atoms with Crippen molar-refractivity contribution in [1.29, 1.82) is 5.26 Å². The van der Waals surface area contributed by atoms with Gasteiger partial charge in [0.2, 0.25) is 0 Å². The largest absolute Gasteiger partial charge is 0.489 e. The number of hydrogen-bond donors (Lipinski definition) is 2. The molecule has 2 aromatic carbocycles. The number of rotatable bonds is 8. The third-order valence-corrected chi connectivity index (χ3v) is 5.54. The van der Waals surface area contributed by atoms with Crippen molar-refractivity contribution in [3.8, 4) is 23.1 Å². The van der Waals surface area contributed by atoms with Crippen LogP contribution in [0.1, 0.15) is 31.4 Å². The first kappa shape index (κ1) is 22.9. The van der Waals surface area contributed by atoms with Gasteiger partial charge in [-0.3, -0.25) is 4.98 Å². The highest BCUT2D eigenvalue weighted by atomic mass is 16.5. The molecule has 0 unspecified atom stereocenters. The molecule has 0 aliphatic carbocycles. The number of fused-ring (bicyclic) bond motifs is 1. The number of amides is 2. The van der Waals surface area contributed by atoms with Crippen LogP contribution in [0.5, 0.6) is 5.75 Å². The van der Waals surface area contributed by atoms with E-state index in [1.165, 1.54) is 0 Å². The summed E-state index contributed by atoms with van der Waals surface area (Å²) in [7, 11) is 0. The summed E-state index contributed by atoms with van der Waals surface area (Å²) in [5.74, 6) is 0.734. The third kappa shape index (κ3) is 4.86. The molecule has 0 saturated carbocycles. The number of carbonyl (C=O) groups excluding carboxylic acids is 1. The van der Waals surface area contributed by atoms with E-state index in [0.29, 0.717) is 30.9 Å². The quantitative estimate of drug-likeness (QED) is 0.358. The van der Waals surface area contributed by atoms with Crippen LogP contribution in [0.15, 0.2) is 67.0 Å². The molecule has 4 rings (SSSR count). The molecule has 0 saturated heterocycles. The van der Waals surface area contributed by atoms with Crippen LogP contribution >= 0.6 is 0 Å². The zero-order valence-electron chi connectivity index (χ0n) is 19.3. The van der Waals surface area contributed by atoms with E-state index in [2.05, 4.69) is 33.2 Å². The Morgan fingerprint density at radius 2 is 1.97 bits per heavy atom. The lowest BCUT2D eigenvalue weighted by Crippen LogP contribution is -2.29. The predicted molar refractivity (Wildman–Crippen MR) is 134 cm³/mol. The summed E-state index contributed by atoms with van der Waals surface area (Å²) in [6.07, 6.45) is 4.39. The van der Waals surface area contributed by atoms with Gasteiger partial charge in [-0.15, -0.1) is 0 Å². The highest BCUT2D eigenvalue weighted by molar-refractivity contribution is 5.96. The smallest absolute Gasteiger partial charge is 0.319 e. The molecule has 0 radical (unpaired) electrons. The monoisotopic (exact) mass is 453 g/mol. The van der Waals surface area contributed by atoms with Crippen molar-refractivity contribution in [3.63, 3.8) is 0 Å². The fourth-order valence-corrected chi connectivity index (χ4v) is 3.94. The Hall–Kier alpha value is -4.31. The van der Waals surface area contributed by atoms with Gasteiger partial charge in [0.05, 0.1) is 16.8 Å². The van der Waals surface area contributed by atoms with Gasteiger partial charge in [-0.25, -0.2) is 4.79 Å². The average Bonchev–Trinajstić information content (AvgIpc) is 3.20. The summed E-state index contributed by atoms with van der Waals surface area (Å²) >= 11 is 0. The van der Waals surface area contributed by atoms with Crippen LogP contribution in [0.2, 0.25) is 0 Å². The number of benzene rings is 2. The van der Waals surface area contributed by atoms with Gasteiger partial charge in [-0.05, 0) is 49.2 Å². The van der Waals surface area contributed by atoms with Gasteiger partial charge in [-0.1, -0.05) is 25.1 Å². The fourth-order valence-electron chi connectivity index (χ4n) is 3.94. The minimum Gasteiger partial charge on any atom is -0.489 e. The van der Waals surface area contributed by atoms with Crippen molar-refractivity contribution < 1.29 is 9.53 Å². The number of aromatic nitrogens is 2. The number of pyridine rings is 1. The maximum Gasteiger partial charge on any atom is 0.319 e. The van der Waals surface area contributed by atoms with Gasteiger partial charge in [0.15, 0.2) is 0 Å². The Balaban J connectivity index is 1.64. The highest BCUT2D eigenvalue weighted by Crippen LogP contribution is 2.35. The average molecular weight is 454 g/mol. The van der Waals surface area contributed by atoms with E-state index >= 15 is 0 Å². The van der Waals surface area contributed by atoms with Gasteiger partial charge in [-0.2, -0.15) is 5.26 Å². The van der Waals surface area contributed by atoms with Crippen LogP contribution in [0.3, 0.4) is 0 Å². The van der Waals surface area contributed by atoms with Crippen LogP contribution in [0, 0.1) is 11.3 Å². The predicted octanol–water partition coefficient (Wildman–Crippen LogP) is 5.71. The van der Waals surface area contributed by atoms with Crippen molar-refractivity contribution in [2.24, 2.45) is 0 Å². The minimum absolute atomic E-state index is 0.228. The number of nitrogens with one attached hydrogen (secondary N) is 2. The first-order valence-corrected chi connectivity index (χ1v) is 11.4. The van der Waals surface area contributed by atoms with Gasteiger partial charge in [0.1, 0.15) is 18.4 Å². The van der Waals surface area contributed by atoms with E-state index in [0.717, 1.165) is 39.9 Å². The van der Waals surface area contributed by atoms with Crippen LogP contribution in [-0.4, -0.2) is 22.1 Å². The van der Waals surface area contributed by atoms with E-state index in [1.54, 1.807) is 12.4 Å². The van der Waals surface area contributed by atoms with Gasteiger partial charge < -0.3 is 19.9 Å². The Bertz CT molecular complexity index is 1320. The van der Waals surface area contributed by atoms with Crippen molar-refractivity contribution >= 4 is 22.6 Å². The van der Waals surface area contributed by atoms with Crippen molar-refractivity contribution in [2.45, 2.75) is 33.4 Å². The van der Waals surface area contributed by atoms with E-state index in [-0.39, 0.29) is 6.03 Å². The van der Waals surface area contributed by atoms with Crippen molar-refractivity contribution in [3.05, 3.63) is 78.1 Å². The molecular weight excluding hydrogens is 426 g/mol. The molecule has 0 aliphatic heterocycles. The van der Waals surface area contributed by atoms with Gasteiger partial charge in [0, 0.05) is 48.2 Å². The summed E-state index contributed by atoms with van der Waals surface area (Å²) in [4.78, 5) is 16.1. The zero-order valence-corrected chi connectivity index (χ0v) is 19.3. The van der Waals surface area contributed by atoms with Gasteiger partial charge in [0.25, 0.3) is 0 Å². The topological polar surface area (TPSA) is 92.0 Å². The lowest BCUT2D eigenvalue weighted by Gasteiger charge is -2.11. The highest BCUT2D eigenvalue weighted by Gasteiger charge is 2.18. The molecule has 2 heterocycles. The molecule has 0 aliphatic rings. The summed E-state index contributed by atoms with van der Waals surface area (Å²) in [5.41, 5.74) is 5.01. The first-order chi connectivity index (χ1) is 16.6. The molecule has 0 spiro atoms. The Morgan fingerprint density at radius 1 is 1.15 bits per heavy atom. The molecule has 34 heavy (non-hydrogen) atoms. The Labute approximate surface area is 199 Å². The van der Waals surface area contributed by atoms with E-state index < -0.39 is 0 Å². The van der Waals surface area contributed by atoms with E-state index in [4.69, 9.17) is 4.74 Å². The normalized spacial score (nSPS) is 10.6. The van der Waals surface area contributed by atoms with E-state index in [9.17, 15) is 10.1 Å². The number of aryl methyl sites for hydroxylation is 1. The lowest BCUT2D eigenvalue weighted by atomic mass is 10.1. The SMILES string of the molecule is CCCNC(=O)Nc1ccc(-c2c(C#N)c3ccc(OCc4cccnc4)cc3n2CC)cc1. The first-order valence-electron chi connectivity index (χ1n) is 11.4. The molecule has 2 aromatic heterocycles.